The van der Waals surface area contributed by atoms with Gasteiger partial charge >= 0.3 is 0 Å². The van der Waals surface area contributed by atoms with E-state index in [0.29, 0.717) is 11.5 Å². The monoisotopic (exact) mass is 275 g/mol. The van der Waals surface area contributed by atoms with Crippen LogP contribution in [0.2, 0.25) is 0 Å². The van der Waals surface area contributed by atoms with Crippen molar-refractivity contribution >= 4 is 17.7 Å². The van der Waals surface area contributed by atoms with Gasteiger partial charge in [-0.05, 0) is 12.1 Å². The molecular weight excluding hydrogens is 266 g/mol. The van der Waals surface area contributed by atoms with Crippen molar-refractivity contribution in [3.63, 3.8) is 0 Å². The van der Waals surface area contributed by atoms with Crippen molar-refractivity contribution in [2.75, 3.05) is 13.1 Å². The molecule has 0 unspecified atom stereocenters. The molecule has 0 atom stereocenters. The van der Waals surface area contributed by atoms with E-state index < -0.39 is 17.7 Å². The Bertz CT molecular complexity index is 657. The molecule has 0 saturated carbocycles. The maximum Gasteiger partial charge on any atom is 0.277 e. The molecule has 3 rings (SSSR count). The average Bonchev–Trinajstić information content (AvgIpc) is 3.07. The molecule has 8 heteroatoms. The second kappa shape index (κ2) is 4.65. The third-order valence-corrected chi connectivity index (χ3v) is 2.73. The highest BCUT2D eigenvalue weighted by molar-refractivity contribution is 6.05. The summed E-state index contributed by atoms with van der Waals surface area (Å²) in [5.41, 5.74) is 0.0129. The molecule has 1 fully saturated rings. The van der Waals surface area contributed by atoms with Crippen molar-refractivity contribution in [1.29, 1.82) is 0 Å². The van der Waals surface area contributed by atoms with Crippen LogP contribution in [0.25, 0.3) is 11.5 Å². The second-order valence-electron chi connectivity index (χ2n) is 4.19. The van der Waals surface area contributed by atoms with Gasteiger partial charge in [0.15, 0.2) is 11.5 Å². The van der Waals surface area contributed by atoms with Gasteiger partial charge in [-0.2, -0.15) is 0 Å². The van der Waals surface area contributed by atoms with Gasteiger partial charge < -0.3 is 13.8 Å². The molecule has 8 nitrogen and oxygen atoms in total. The molecule has 1 N–H and O–H groups in total. The standard InChI is InChI=1S/C12H9N3O5/c16-10-5-15(6-11(17)13-10)12(18)7-4-9(20-14-7)8-2-1-3-19-8/h1-4H,5-6H2,(H,13,16,17). The third kappa shape index (κ3) is 2.18. The molecule has 1 aliphatic heterocycles. The van der Waals surface area contributed by atoms with Crippen molar-refractivity contribution in [3.05, 3.63) is 30.2 Å². The molecule has 102 valence electrons. The number of piperazine rings is 1. The van der Waals surface area contributed by atoms with Crippen LogP contribution in [-0.4, -0.2) is 40.9 Å². The Balaban J connectivity index is 1.81. The highest BCUT2D eigenvalue weighted by atomic mass is 16.5. The Kier molecular flexibility index (Phi) is 2.82. The molecule has 3 amide bonds. The van der Waals surface area contributed by atoms with Gasteiger partial charge in [0.05, 0.1) is 6.26 Å². The van der Waals surface area contributed by atoms with Gasteiger partial charge in [0.1, 0.15) is 13.1 Å². The quantitative estimate of drug-likeness (QED) is 0.775. The maximum atomic E-state index is 12.1. The van der Waals surface area contributed by atoms with Crippen molar-refractivity contribution in [2.45, 2.75) is 0 Å². The van der Waals surface area contributed by atoms with Crippen LogP contribution in [0.15, 0.2) is 33.4 Å². The summed E-state index contributed by atoms with van der Waals surface area (Å²) in [6, 6.07) is 4.73. The van der Waals surface area contributed by atoms with Crippen LogP contribution in [0.4, 0.5) is 0 Å². The molecule has 2 aromatic heterocycles. The van der Waals surface area contributed by atoms with Crippen LogP contribution < -0.4 is 5.32 Å². The number of aromatic nitrogens is 1. The van der Waals surface area contributed by atoms with Crippen molar-refractivity contribution in [1.82, 2.24) is 15.4 Å². The molecule has 20 heavy (non-hydrogen) atoms. The molecule has 0 aliphatic carbocycles. The fraction of sp³-hybridized carbons (Fsp3) is 0.167. The van der Waals surface area contributed by atoms with E-state index in [1.807, 2.05) is 0 Å². The normalized spacial score (nSPS) is 15.3. The lowest BCUT2D eigenvalue weighted by atomic mass is 10.2. The summed E-state index contributed by atoms with van der Waals surface area (Å²) < 4.78 is 10.1. The number of nitrogens with one attached hydrogen (secondary N) is 1. The molecule has 0 aromatic carbocycles. The van der Waals surface area contributed by atoms with E-state index in [1.165, 1.54) is 12.3 Å². The van der Waals surface area contributed by atoms with Crippen molar-refractivity contribution < 1.29 is 23.3 Å². The van der Waals surface area contributed by atoms with E-state index in [1.54, 1.807) is 12.1 Å². The molecule has 0 bridgehead atoms. The Hall–Kier alpha value is -2.90. The number of nitrogens with zero attached hydrogens (tertiary/aromatic N) is 2. The Morgan fingerprint density at radius 1 is 1.25 bits per heavy atom. The van der Waals surface area contributed by atoms with E-state index in [9.17, 15) is 14.4 Å². The molecular formula is C12H9N3O5. The minimum Gasteiger partial charge on any atom is -0.461 e. The molecule has 0 radical (unpaired) electrons. The van der Waals surface area contributed by atoms with Gasteiger partial charge in [-0.1, -0.05) is 5.16 Å². The number of carbonyl (C=O) groups is 3. The fourth-order valence-electron chi connectivity index (χ4n) is 1.85. The summed E-state index contributed by atoms with van der Waals surface area (Å²) in [7, 11) is 0. The Morgan fingerprint density at radius 2 is 2.00 bits per heavy atom. The SMILES string of the molecule is O=C1CN(C(=O)c2cc(-c3ccco3)on2)CC(=O)N1. The largest absolute Gasteiger partial charge is 0.461 e. The van der Waals surface area contributed by atoms with E-state index in [-0.39, 0.29) is 18.8 Å². The highest BCUT2D eigenvalue weighted by Crippen LogP contribution is 2.21. The van der Waals surface area contributed by atoms with Crippen LogP contribution in [0.1, 0.15) is 10.5 Å². The lowest BCUT2D eigenvalue weighted by Gasteiger charge is -2.24. The summed E-state index contributed by atoms with van der Waals surface area (Å²) in [5, 5.41) is 5.74. The maximum absolute atomic E-state index is 12.1. The zero-order chi connectivity index (χ0) is 14.1. The van der Waals surface area contributed by atoms with Gasteiger partial charge in [0.2, 0.25) is 17.6 Å². The van der Waals surface area contributed by atoms with Crippen molar-refractivity contribution in [2.24, 2.45) is 0 Å². The van der Waals surface area contributed by atoms with Crippen LogP contribution in [0.5, 0.6) is 0 Å². The summed E-state index contributed by atoms with van der Waals surface area (Å²) in [6.45, 7) is -0.374. The number of rotatable bonds is 2. The first kappa shape index (κ1) is 12.2. The van der Waals surface area contributed by atoms with Gasteiger partial charge in [-0.15, -0.1) is 0 Å². The van der Waals surface area contributed by atoms with E-state index in [4.69, 9.17) is 8.94 Å². The van der Waals surface area contributed by atoms with Crippen molar-refractivity contribution in [3.8, 4) is 11.5 Å². The highest BCUT2D eigenvalue weighted by Gasteiger charge is 2.29. The lowest BCUT2D eigenvalue weighted by molar-refractivity contribution is -0.135. The number of imide groups is 1. The van der Waals surface area contributed by atoms with E-state index in [2.05, 4.69) is 10.5 Å². The molecule has 1 aliphatic rings. The van der Waals surface area contributed by atoms with Crippen LogP contribution in [0.3, 0.4) is 0 Å². The third-order valence-electron chi connectivity index (χ3n) is 2.73. The first-order chi connectivity index (χ1) is 9.63. The topological polar surface area (TPSA) is 106 Å². The van der Waals surface area contributed by atoms with Gasteiger partial charge in [0.25, 0.3) is 5.91 Å². The Labute approximate surface area is 112 Å². The molecule has 2 aromatic rings. The minimum atomic E-state index is -0.547. The second-order valence-corrected chi connectivity index (χ2v) is 4.19. The van der Waals surface area contributed by atoms with Gasteiger partial charge in [-0.25, -0.2) is 0 Å². The van der Waals surface area contributed by atoms with Crippen LogP contribution in [-0.2, 0) is 9.59 Å². The first-order valence-corrected chi connectivity index (χ1v) is 5.76. The summed E-state index contributed by atoms with van der Waals surface area (Å²) in [6.07, 6.45) is 1.47. The number of hydrogen-bond donors (Lipinski definition) is 1. The van der Waals surface area contributed by atoms with E-state index in [0.717, 1.165) is 4.90 Å². The smallest absolute Gasteiger partial charge is 0.277 e. The van der Waals surface area contributed by atoms with Crippen LogP contribution in [0, 0.1) is 0 Å². The number of amides is 3. The summed E-state index contributed by atoms with van der Waals surface area (Å²) >= 11 is 0. The molecule has 3 heterocycles. The van der Waals surface area contributed by atoms with Gasteiger partial charge in [-0.3, -0.25) is 19.7 Å². The minimum absolute atomic E-state index is 0.0129. The molecule has 0 spiro atoms. The zero-order valence-corrected chi connectivity index (χ0v) is 10.2. The van der Waals surface area contributed by atoms with Gasteiger partial charge in [0, 0.05) is 6.07 Å². The Morgan fingerprint density at radius 3 is 2.65 bits per heavy atom. The summed E-state index contributed by atoms with van der Waals surface area (Å²) in [5.74, 6) is -0.862. The first-order valence-electron chi connectivity index (χ1n) is 5.76. The zero-order valence-electron chi connectivity index (χ0n) is 10.2. The predicted molar refractivity (Wildman–Crippen MR) is 63.3 cm³/mol. The number of furan rings is 1. The lowest BCUT2D eigenvalue weighted by Crippen LogP contribution is -2.53. The molecule has 1 saturated heterocycles. The average molecular weight is 275 g/mol. The summed E-state index contributed by atoms with van der Waals surface area (Å²) in [4.78, 5) is 35.7. The van der Waals surface area contributed by atoms with Crippen LogP contribution >= 0.6 is 0 Å². The number of carbonyl (C=O) groups excluding carboxylic acids is 3. The number of hydrogen-bond acceptors (Lipinski definition) is 6. The predicted octanol–water partition coefficient (Wildman–Crippen LogP) is 0.0332. The van der Waals surface area contributed by atoms with E-state index >= 15 is 0 Å². The fourth-order valence-corrected chi connectivity index (χ4v) is 1.85.